The van der Waals surface area contributed by atoms with Crippen LogP contribution in [-0.2, 0) is 0 Å². The summed E-state index contributed by atoms with van der Waals surface area (Å²) in [7, 11) is 0. The van der Waals surface area contributed by atoms with Gasteiger partial charge >= 0.3 is 0 Å². The molecule has 2 aromatic rings. The van der Waals surface area contributed by atoms with Gasteiger partial charge in [-0.15, -0.1) is 0 Å². The molecule has 2 aliphatic rings. The Hall–Kier alpha value is -2.53. The Morgan fingerprint density at radius 3 is 2.77 bits per heavy atom. The van der Waals surface area contributed by atoms with Gasteiger partial charge in [-0.05, 0) is 48.6 Å². The summed E-state index contributed by atoms with van der Waals surface area (Å²) in [5.41, 5.74) is 2.67. The molecule has 1 N–H and O–H groups in total. The van der Waals surface area contributed by atoms with Crippen LogP contribution in [0.2, 0.25) is 5.02 Å². The summed E-state index contributed by atoms with van der Waals surface area (Å²) in [5, 5.41) is 15.8. The number of nitro groups is 1. The highest BCUT2D eigenvalue weighted by molar-refractivity contribution is 6.30. The summed E-state index contributed by atoms with van der Waals surface area (Å²) < 4.78 is 5.56. The first-order chi connectivity index (χ1) is 12.6. The topological polar surface area (TPSA) is 64.4 Å². The van der Waals surface area contributed by atoms with Gasteiger partial charge in [0, 0.05) is 10.9 Å². The largest absolute Gasteiger partial charge is 0.494 e. The molecule has 1 aliphatic carbocycles. The molecule has 0 saturated carbocycles. The van der Waals surface area contributed by atoms with E-state index >= 15 is 0 Å². The number of allylic oxidation sites excluding steroid dienone is 2. The molecular weight excluding hydrogens is 352 g/mol. The lowest BCUT2D eigenvalue weighted by Crippen LogP contribution is -2.29. The molecule has 2 aromatic carbocycles. The van der Waals surface area contributed by atoms with Crippen molar-refractivity contribution in [3.63, 3.8) is 0 Å². The van der Waals surface area contributed by atoms with Crippen LogP contribution in [0.3, 0.4) is 0 Å². The van der Waals surface area contributed by atoms with E-state index in [1.165, 1.54) is 6.07 Å². The number of hydrogen-bond donors (Lipinski definition) is 1. The van der Waals surface area contributed by atoms with Crippen LogP contribution in [-0.4, -0.2) is 11.5 Å². The molecule has 0 spiro atoms. The zero-order chi connectivity index (χ0) is 18.3. The van der Waals surface area contributed by atoms with E-state index in [0.717, 1.165) is 17.5 Å². The van der Waals surface area contributed by atoms with Crippen LogP contribution < -0.4 is 10.1 Å². The zero-order valence-corrected chi connectivity index (χ0v) is 15.1. The minimum atomic E-state index is -0.341. The number of halogens is 1. The molecule has 6 heteroatoms. The highest BCUT2D eigenvalue weighted by Crippen LogP contribution is 2.53. The van der Waals surface area contributed by atoms with Crippen molar-refractivity contribution in [2.45, 2.75) is 25.3 Å². The number of fused-ring (bicyclic) bond motifs is 3. The number of nitrogens with zero attached hydrogens (tertiary/aromatic N) is 1. The number of nitrogens with one attached hydrogen (secondary N) is 1. The fourth-order valence-electron chi connectivity index (χ4n) is 4.05. The predicted octanol–water partition coefficient (Wildman–Crippen LogP) is 5.47. The Labute approximate surface area is 156 Å². The van der Waals surface area contributed by atoms with Crippen LogP contribution in [0.5, 0.6) is 5.75 Å². The van der Waals surface area contributed by atoms with Crippen molar-refractivity contribution < 1.29 is 9.66 Å². The van der Waals surface area contributed by atoms with E-state index in [4.69, 9.17) is 16.3 Å². The molecule has 0 radical (unpaired) electrons. The second-order valence-corrected chi connectivity index (χ2v) is 7.06. The number of benzene rings is 2. The smallest absolute Gasteiger partial charge is 0.296 e. The lowest BCUT2D eigenvalue weighted by molar-refractivity contribution is -0.384. The summed E-state index contributed by atoms with van der Waals surface area (Å²) in [6.07, 6.45) is 5.25. The molecule has 5 nitrogen and oxygen atoms in total. The van der Waals surface area contributed by atoms with Crippen molar-refractivity contribution in [2.75, 3.05) is 11.9 Å². The van der Waals surface area contributed by atoms with Crippen LogP contribution in [0.1, 0.15) is 36.4 Å². The van der Waals surface area contributed by atoms with Gasteiger partial charge in [-0.2, -0.15) is 0 Å². The van der Waals surface area contributed by atoms with E-state index in [-0.39, 0.29) is 22.6 Å². The Bertz CT molecular complexity index is 879. The third kappa shape index (κ3) is 2.82. The maximum atomic E-state index is 11.7. The van der Waals surface area contributed by atoms with Crippen molar-refractivity contribution >= 4 is 23.0 Å². The molecule has 3 unspecified atom stereocenters. The predicted molar refractivity (Wildman–Crippen MR) is 102 cm³/mol. The van der Waals surface area contributed by atoms with E-state index in [0.29, 0.717) is 29.0 Å². The molecule has 1 heterocycles. The molecule has 1 aliphatic heterocycles. The molecule has 3 atom stereocenters. The van der Waals surface area contributed by atoms with Gasteiger partial charge in [0.05, 0.1) is 23.6 Å². The van der Waals surface area contributed by atoms with Crippen LogP contribution in [0.4, 0.5) is 11.4 Å². The Balaban J connectivity index is 1.83. The highest BCUT2D eigenvalue weighted by Gasteiger charge is 2.41. The fourth-order valence-corrected chi connectivity index (χ4v) is 4.17. The average molecular weight is 371 g/mol. The summed E-state index contributed by atoms with van der Waals surface area (Å²) in [6, 6.07) is 11.1. The normalized spacial score (nSPS) is 23.1. The third-order valence-corrected chi connectivity index (χ3v) is 5.41. The van der Waals surface area contributed by atoms with Crippen LogP contribution in [0.25, 0.3) is 0 Å². The molecule has 0 aromatic heterocycles. The highest BCUT2D eigenvalue weighted by atomic mass is 35.5. The molecule has 4 rings (SSSR count). The molecule has 134 valence electrons. The van der Waals surface area contributed by atoms with E-state index in [2.05, 4.69) is 17.5 Å². The molecular formula is C20H19ClN2O3. The van der Waals surface area contributed by atoms with E-state index in [1.54, 1.807) is 0 Å². The maximum Gasteiger partial charge on any atom is 0.296 e. The minimum absolute atomic E-state index is 0.00332. The van der Waals surface area contributed by atoms with Crippen molar-refractivity contribution in [3.8, 4) is 5.75 Å². The van der Waals surface area contributed by atoms with Gasteiger partial charge in [0.25, 0.3) is 5.69 Å². The van der Waals surface area contributed by atoms with E-state index in [9.17, 15) is 10.1 Å². The summed E-state index contributed by atoms with van der Waals surface area (Å²) in [5.74, 6) is 0.981. The van der Waals surface area contributed by atoms with Gasteiger partial charge in [0.1, 0.15) is 11.4 Å². The van der Waals surface area contributed by atoms with Gasteiger partial charge in [-0.1, -0.05) is 35.9 Å². The Morgan fingerprint density at radius 1 is 1.31 bits per heavy atom. The second kappa shape index (κ2) is 6.65. The summed E-state index contributed by atoms with van der Waals surface area (Å²) in [6.45, 7) is 2.35. The zero-order valence-electron chi connectivity index (χ0n) is 14.3. The van der Waals surface area contributed by atoms with E-state index < -0.39 is 0 Å². The van der Waals surface area contributed by atoms with Gasteiger partial charge in [0.15, 0.2) is 0 Å². The van der Waals surface area contributed by atoms with Crippen LogP contribution in [0, 0.1) is 16.0 Å². The van der Waals surface area contributed by atoms with Gasteiger partial charge < -0.3 is 10.1 Å². The lowest BCUT2D eigenvalue weighted by atomic mass is 9.76. The first kappa shape index (κ1) is 16.9. The maximum absolute atomic E-state index is 11.7. The molecule has 26 heavy (non-hydrogen) atoms. The average Bonchev–Trinajstić information content (AvgIpc) is 3.11. The standard InChI is InChI=1S/C20H19ClN2O3/c1-2-26-14-10-17-15-4-3-5-16(15)19(12-6-8-13(21)9-7-12)22-20(17)18(11-14)23(24)25/h3-4,6-11,15-16,19,22H,2,5H2,1H3. The number of nitro benzene ring substituents is 1. The summed E-state index contributed by atoms with van der Waals surface area (Å²) in [4.78, 5) is 11.3. The first-order valence-electron chi connectivity index (χ1n) is 8.72. The number of ether oxygens (including phenoxy) is 1. The van der Waals surface area contributed by atoms with Crippen LogP contribution in [0.15, 0.2) is 48.6 Å². The fraction of sp³-hybridized carbons (Fsp3) is 0.300. The first-order valence-corrected chi connectivity index (χ1v) is 9.10. The Morgan fingerprint density at radius 2 is 2.08 bits per heavy atom. The lowest BCUT2D eigenvalue weighted by Gasteiger charge is -2.37. The van der Waals surface area contributed by atoms with E-state index in [1.807, 2.05) is 37.3 Å². The number of hydrogen-bond acceptors (Lipinski definition) is 4. The van der Waals surface area contributed by atoms with Crippen molar-refractivity contribution in [3.05, 3.63) is 74.8 Å². The molecule has 0 bridgehead atoms. The van der Waals surface area contributed by atoms with Crippen molar-refractivity contribution in [2.24, 2.45) is 5.92 Å². The minimum Gasteiger partial charge on any atom is -0.494 e. The Kier molecular flexibility index (Phi) is 4.32. The summed E-state index contributed by atoms with van der Waals surface area (Å²) >= 11 is 6.02. The molecule has 0 fully saturated rings. The monoisotopic (exact) mass is 370 g/mol. The van der Waals surface area contributed by atoms with Gasteiger partial charge in [-0.25, -0.2) is 0 Å². The number of rotatable bonds is 4. The molecule has 0 saturated heterocycles. The molecule has 0 amide bonds. The number of anilines is 1. The van der Waals surface area contributed by atoms with Crippen LogP contribution >= 0.6 is 11.6 Å². The second-order valence-electron chi connectivity index (χ2n) is 6.62. The quantitative estimate of drug-likeness (QED) is 0.440. The van der Waals surface area contributed by atoms with Crippen molar-refractivity contribution in [1.29, 1.82) is 0 Å². The van der Waals surface area contributed by atoms with Gasteiger partial charge in [0.2, 0.25) is 0 Å². The third-order valence-electron chi connectivity index (χ3n) is 5.16. The van der Waals surface area contributed by atoms with Crippen molar-refractivity contribution in [1.82, 2.24) is 0 Å². The SMILES string of the molecule is CCOc1cc2c(c([N+](=O)[O-])c1)NC(c1ccc(Cl)cc1)C1CC=CC21. The van der Waals surface area contributed by atoms with Gasteiger partial charge in [-0.3, -0.25) is 10.1 Å².